The maximum atomic E-state index is 11.8. The van der Waals surface area contributed by atoms with Crippen molar-refractivity contribution in [2.45, 2.75) is 0 Å². The van der Waals surface area contributed by atoms with Crippen molar-refractivity contribution >= 4 is 33.5 Å². The Morgan fingerprint density at radius 1 is 1.28 bits per heavy atom. The van der Waals surface area contributed by atoms with Gasteiger partial charge in [-0.25, -0.2) is 4.79 Å². The monoisotopic (exact) mass is 310 g/mol. The highest BCUT2D eigenvalue weighted by atomic mass is 79.9. The molecule has 1 aliphatic rings. The number of ketones is 2. The van der Waals surface area contributed by atoms with Gasteiger partial charge in [0.2, 0.25) is 5.78 Å². The lowest BCUT2D eigenvalue weighted by Crippen LogP contribution is -2.16. The highest BCUT2D eigenvalue weighted by molar-refractivity contribution is 9.12. The molecule has 0 saturated carbocycles. The maximum Gasteiger partial charge on any atom is 0.341 e. The number of aromatic hydroxyl groups is 1. The predicted molar refractivity (Wildman–Crippen MR) is 65.1 cm³/mol. The summed E-state index contributed by atoms with van der Waals surface area (Å²) in [7, 11) is 1.16. The zero-order chi connectivity index (χ0) is 13.4. The summed E-state index contributed by atoms with van der Waals surface area (Å²) in [5.41, 5.74) is -0.0234. The second-order valence-corrected chi connectivity index (χ2v) is 4.45. The molecule has 0 fully saturated rings. The molecule has 0 aliphatic heterocycles. The molecule has 0 unspecified atom stereocenters. The zero-order valence-corrected chi connectivity index (χ0v) is 10.8. The summed E-state index contributed by atoms with van der Waals surface area (Å²) in [5, 5.41) is 9.66. The van der Waals surface area contributed by atoms with E-state index in [0.29, 0.717) is 0 Å². The first-order valence-electron chi connectivity index (χ1n) is 4.87. The Hall–Kier alpha value is -1.95. The van der Waals surface area contributed by atoms with E-state index < -0.39 is 23.3 Å². The molecule has 1 aromatic rings. The van der Waals surface area contributed by atoms with E-state index in [2.05, 4.69) is 20.7 Å². The average molecular weight is 311 g/mol. The van der Waals surface area contributed by atoms with E-state index in [1.807, 2.05) is 0 Å². The molecule has 0 saturated heterocycles. The molecule has 0 atom stereocenters. The molecule has 0 heterocycles. The van der Waals surface area contributed by atoms with Crippen LogP contribution in [0.2, 0.25) is 0 Å². The average Bonchev–Trinajstić information content (AvgIpc) is 2.34. The van der Waals surface area contributed by atoms with E-state index in [1.54, 1.807) is 0 Å². The van der Waals surface area contributed by atoms with E-state index in [0.717, 1.165) is 25.3 Å². The number of phenols is 1. The number of ether oxygens (including phenoxy) is 1. The van der Waals surface area contributed by atoms with Gasteiger partial charge in [-0.1, -0.05) is 0 Å². The lowest BCUT2D eigenvalue weighted by molar-refractivity contribution is 0.0597. The number of hydrogen-bond acceptors (Lipinski definition) is 5. The van der Waals surface area contributed by atoms with Crippen molar-refractivity contribution in [2.24, 2.45) is 0 Å². The second kappa shape index (κ2) is 4.38. The number of rotatable bonds is 1. The van der Waals surface area contributed by atoms with Gasteiger partial charge in [-0.2, -0.15) is 0 Å². The SMILES string of the molecule is COC(=O)c1cc2c(cc1O)C(=O)C(Br)=CC2=O. The van der Waals surface area contributed by atoms with Gasteiger partial charge in [0.15, 0.2) is 5.78 Å². The van der Waals surface area contributed by atoms with Crippen LogP contribution in [-0.2, 0) is 4.74 Å². The van der Waals surface area contributed by atoms with Crippen LogP contribution in [-0.4, -0.2) is 29.8 Å². The maximum absolute atomic E-state index is 11.8. The van der Waals surface area contributed by atoms with Crippen LogP contribution in [0.25, 0.3) is 0 Å². The van der Waals surface area contributed by atoms with Crippen LogP contribution in [0.3, 0.4) is 0 Å². The van der Waals surface area contributed by atoms with Crippen molar-refractivity contribution in [3.05, 3.63) is 39.4 Å². The topological polar surface area (TPSA) is 80.7 Å². The van der Waals surface area contributed by atoms with Gasteiger partial charge in [0.25, 0.3) is 0 Å². The van der Waals surface area contributed by atoms with E-state index >= 15 is 0 Å². The van der Waals surface area contributed by atoms with Gasteiger partial charge in [-0.15, -0.1) is 0 Å². The number of allylic oxidation sites excluding steroid dienone is 2. The molecular weight excluding hydrogens is 304 g/mol. The Bertz CT molecular complexity index is 615. The Morgan fingerprint density at radius 2 is 1.94 bits per heavy atom. The first-order valence-corrected chi connectivity index (χ1v) is 5.66. The van der Waals surface area contributed by atoms with Gasteiger partial charge in [0.05, 0.1) is 11.6 Å². The molecule has 1 aromatic carbocycles. The van der Waals surface area contributed by atoms with Crippen LogP contribution in [0.15, 0.2) is 22.7 Å². The number of halogens is 1. The highest BCUT2D eigenvalue weighted by Gasteiger charge is 2.27. The van der Waals surface area contributed by atoms with Gasteiger partial charge in [-0.05, 0) is 28.1 Å². The van der Waals surface area contributed by atoms with E-state index in [9.17, 15) is 19.5 Å². The normalized spacial score (nSPS) is 14.0. The summed E-state index contributed by atoms with van der Waals surface area (Å²) < 4.78 is 4.59. The first-order chi connectivity index (χ1) is 8.45. The van der Waals surface area contributed by atoms with E-state index in [4.69, 9.17) is 0 Å². The van der Waals surface area contributed by atoms with Crippen molar-refractivity contribution in [3.63, 3.8) is 0 Å². The zero-order valence-electron chi connectivity index (χ0n) is 9.19. The van der Waals surface area contributed by atoms with Crippen LogP contribution >= 0.6 is 15.9 Å². The molecular formula is C12H7BrO5. The summed E-state index contributed by atoms with van der Waals surface area (Å²) in [4.78, 5) is 34.9. The molecule has 0 aromatic heterocycles. The molecule has 0 radical (unpaired) electrons. The summed E-state index contributed by atoms with van der Waals surface area (Å²) >= 11 is 2.97. The van der Waals surface area contributed by atoms with Crippen molar-refractivity contribution in [1.82, 2.24) is 0 Å². The first kappa shape index (κ1) is 12.5. The van der Waals surface area contributed by atoms with Gasteiger partial charge in [0.1, 0.15) is 11.3 Å². The Morgan fingerprint density at radius 3 is 2.56 bits per heavy atom. The third kappa shape index (κ3) is 1.84. The molecule has 92 valence electrons. The van der Waals surface area contributed by atoms with Gasteiger partial charge in [-0.3, -0.25) is 9.59 Å². The minimum Gasteiger partial charge on any atom is -0.507 e. The highest BCUT2D eigenvalue weighted by Crippen LogP contribution is 2.30. The molecule has 0 spiro atoms. The van der Waals surface area contributed by atoms with Crippen LogP contribution in [0, 0.1) is 0 Å². The summed E-state index contributed by atoms with van der Waals surface area (Å²) in [5.74, 6) is -2.01. The Kier molecular flexibility index (Phi) is 3.04. The summed E-state index contributed by atoms with van der Waals surface area (Å²) in [6, 6.07) is 2.25. The van der Waals surface area contributed by atoms with Crippen LogP contribution < -0.4 is 0 Å². The fourth-order valence-corrected chi connectivity index (χ4v) is 2.06. The quantitative estimate of drug-likeness (QED) is 0.800. The number of fused-ring (bicyclic) bond motifs is 1. The molecule has 2 rings (SSSR count). The van der Waals surface area contributed by atoms with Crippen molar-refractivity contribution in [3.8, 4) is 5.75 Å². The lowest BCUT2D eigenvalue weighted by Gasteiger charge is -2.13. The van der Waals surface area contributed by atoms with Gasteiger partial charge >= 0.3 is 5.97 Å². The van der Waals surface area contributed by atoms with Gasteiger partial charge < -0.3 is 9.84 Å². The number of phenolic OH excluding ortho intramolecular Hbond substituents is 1. The summed E-state index contributed by atoms with van der Waals surface area (Å²) in [6.07, 6.45) is 1.13. The molecule has 0 amide bonds. The smallest absolute Gasteiger partial charge is 0.341 e. The van der Waals surface area contributed by atoms with Crippen LogP contribution in [0.1, 0.15) is 31.1 Å². The Labute approximate surface area is 110 Å². The minimum absolute atomic E-state index is 0.0551. The lowest BCUT2D eigenvalue weighted by atomic mass is 9.92. The fourth-order valence-electron chi connectivity index (χ4n) is 1.64. The number of benzene rings is 1. The Balaban J connectivity index is 2.66. The largest absolute Gasteiger partial charge is 0.507 e. The second-order valence-electron chi connectivity index (χ2n) is 3.59. The van der Waals surface area contributed by atoms with Crippen molar-refractivity contribution in [1.29, 1.82) is 0 Å². The van der Waals surface area contributed by atoms with Crippen LogP contribution in [0.4, 0.5) is 0 Å². The number of Topliss-reactive ketones (excluding diaryl/α,β-unsaturated/α-hetero) is 1. The number of esters is 1. The number of carbonyl (C=O) groups excluding carboxylic acids is 3. The fraction of sp³-hybridized carbons (Fsp3) is 0.0833. The molecule has 5 nitrogen and oxygen atoms in total. The molecule has 18 heavy (non-hydrogen) atoms. The molecule has 1 aliphatic carbocycles. The van der Waals surface area contributed by atoms with E-state index in [1.165, 1.54) is 0 Å². The third-order valence-corrected chi connectivity index (χ3v) is 3.12. The van der Waals surface area contributed by atoms with Gasteiger partial charge in [0, 0.05) is 17.2 Å². The third-order valence-electron chi connectivity index (χ3n) is 2.53. The number of methoxy groups -OCH3 is 1. The molecule has 0 bridgehead atoms. The standard InChI is InChI=1S/C12H7BrO5/c1-18-12(17)7-2-5-6(3-9(7)14)11(16)8(13)4-10(5)15/h2-4,14H,1H3. The molecule has 1 N–H and O–H groups in total. The number of hydrogen-bond donors (Lipinski definition) is 1. The van der Waals surface area contributed by atoms with Crippen LogP contribution in [0.5, 0.6) is 5.75 Å². The van der Waals surface area contributed by atoms with E-state index in [-0.39, 0.29) is 21.2 Å². The summed E-state index contributed by atoms with van der Waals surface area (Å²) in [6.45, 7) is 0. The predicted octanol–water partition coefficient (Wildman–Crippen LogP) is 1.84. The van der Waals surface area contributed by atoms with Crippen molar-refractivity contribution < 1.29 is 24.2 Å². The number of carbonyl (C=O) groups is 3. The molecule has 6 heteroatoms. The minimum atomic E-state index is -0.774. The van der Waals surface area contributed by atoms with Crippen molar-refractivity contribution in [2.75, 3.05) is 7.11 Å².